The Morgan fingerprint density at radius 1 is 1.26 bits per heavy atom. The Morgan fingerprint density at radius 2 is 1.84 bits per heavy atom. The Morgan fingerprint density at radius 3 is 2.37 bits per heavy atom. The first-order chi connectivity index (χ1) is 8.70. The molecule has 0 fully saturated rings. The maximum atomic E-state index is 12.2. The van der Waals surface area contributed by atoms with Gasteiger partial charge in [0.1, 0.15) is 0 Å². The van der Waals surface area contributed by atoms with Gasteiger partial charge < -0.3 is 5.32 Å². The molecule has 0 aromatic heterocycles. The van der Waals surface area contributed by atoms with Crippen molar-refractivity contribution < 1.29 is 13.2 Å². The van der Waals surface area contributed by atoms with Crippen LogP contribution < -0.4 is 10.0 Å². The molecule has 1 aromatic carbocycles. The van der Waals surface area contributed by atoms with Gasteiger partial charge in [0.25, 0.3) is 0 Å². The van der Waals surface area contributed by atoms with Crippen LogP contribution in [0.3, 0.4) is 0 Å². The summed E-state index contributed by atoms with van der Waals surface area (Å²) in [6, 6.07) is 6.73. The maximum absolute atomic E-state index is 12.2. The first-order valence-corrected chi connectivity index (χ1v) is 7.46. The Kier molecular flexibility index (Phi) is 4.70. The first-order valence-electron chi connectivity index (χ1n) is 5.98. The molecule has 19 heavy (non-hydrogen) atoms. The highest BCUT2D eigenvalue weighted by Gasteiger charge is 2.29. The van der Waals surface area contributed by atoms with Crippen LogP contribution in [0.15, 0.2) is 29.2 Å². The van der Waals surface area contributed by atoms with Crippen LogP contribution in [0.1, 0.15) is 19.4 Å². The predicted molar refractivity (Wildman–Crippen MR) is 74.2 cm³/mol. The lowest BCUT2D eigenvalue weighted by Gasteiger charge is -2.23. The minimum atomic E-state index is -3.60. The van der Waals surface area contributed by atoms with Crippen LogP contribution in [0.25, 0.3) is 0 Å². The Balaban J connectivity index is 2.89. The van der Waals surface area contributed by atoms with Gasteiger partial charge in [0, 0.05) is 13.6 Å². The second kappa shape index (κ2) is 5.71. The van der Waals surface area contributed by atoms with E-state index >= 15 is 0 Å². The summed E-state index contributed by atoms with van der Waals surface area (Å²) in [6.07, 6.45) is 0. The zero-order chi connectivity index (χ0) is 14.7. The molecule has 0 aliphatic carbocycles. The molecule has 0 unspecified atom stereocenters. The topological polar surface area (TPSA) is 75.3 Å². The van der Waals surface area contributed by atoms with Crippen molar-refractivity contribution in [3.63, 3.8) is 0 Å². The number of sulfonamides is 1. The molecule has 0 spiro atoms. The molecule has 2 N–H and O–H groups in total. The average Bonchev–Trinajstić information content (AvgIpc) is 2.36. The van der Waals surface area contributed by atoms with Crippen molar-refractivity contribution in [2.75, 3.05) is 13.6 Å². The Labute approximate surface area is 114 Å². The minimum absolute atomic E-state index is 0.0450. The quantitative estimate of drug-likeness (QED) is 0.848. The average molecular weight is 284 g/mol. The summed E-state index contributed by atoms with van der Waals surface area (Å²) >= 11 is 0. The molecular weight excluding hydrogens is 264 g/mol. The van der Waals surface area contributed by atoms with Crippen molar-refractivity contribution in [1.82, 2.24) is 10.0 Å². The summed E-state index contributed by atoms with van der Waals surface area (Å²) < 4.78 is 26.8. The normalized spacial score (nSPS) is 12.2. The summed E-state index contributed by atoms with van der Waals surface area (Å²) in [6.45, 7) is 5.15. The fourth-order valence-corrected chi connectivity index (χ4v) is 3.09. The zero-order valence-electron chi connectivity index (χ0n) is 11.6. The number of rotatable bonds is 5. The van der Waals surface area contributed by atoms with E-state index in [0.717, 1.165) is 0 Å². The van der Waals surface area contributed by atoms with Gasteiger partial charge >= 0.3 is 0 Å². The predicted octanol–water partition coefficient (Wildman–Crippen LogP) is 1.05. The Hall–Kier alpha value is -1.40. The van der Waals surface area contributed by atoms with Gasteiger partial charge in [-0.3, -0.25) is 4.79 Å². The summed E-state index contributed by atoms with van der Waals surface area (Å²) in [7, 11) is -2.07. The van der Waals surface area contributed by atoms with E-state index in [2.05, 4.69) is 10.0 Å². The summed E-state index contributed by atoms with van der Waals surface area (Å²) in [5.74, 6) is -0.208. The van der Waals surface area contributed by atoms with E-state index in [0.29, 0.717) is 5.56 Å². The van der Waals surface area contributed by atoms with Crippen LogP contribution >= 0.6 is 0 Å². The number of amides is 1. The van der Waals surface area contributed by atoms with E-state index in [4.69, 9.17) is 0 Å². The highest BCUT2D eigenvalue weighted by Crippen LogP contribution is 2.17. The standard InChI is InChI=1S/C13H20N2O3S/c1-10-7-5-6-8-11(10)19(17,18)15-9-13(2,3)12(16)14-4/h5-8,15H,9H2,1-4H3,(H,14,16). The van der Waals surface area contributed by atoms with Gasteiger partial charge in [-0.15, -0.1) is 0 Å². The lowest BCUT2D eigenvalue weighted by atomic mass is 9.93. The lowest BCUT2D eigenvalue weighted by Crippen LogP contribution is -2.43. The van der Waals surface area contributed by atoms with E-state index in [1.807, 2.05) is 0 Å². The molecule has 1 rings (SSSR count). The number of hydrogen-bond donors (Lipinski definition) is 2. The van der Waals surface area contributed by atoms with E-state index in [-0.39, 0.29) is 17.3 Å². The van der Waals surface area contributed by atoms with Crippen LogP contribution in [0.2, 0.25) is 0 Å². The van der Waals surface area contributed by atoms with Crippen molar-refractivity contribution in [1.29, 1.82) is 0 Å². The highest BCUT2D eigenvalue weighted by molar-refractivity contribution is 7.89. The number of benzene rings is 1. The van der Waals surface area contributed by atoms with Crippen molar-refractivity contribution in [2.24, 2.45) is 5.41 Å². The molecule has 5 nitrogen and oxygen atoms in total. The maximum Gasteiger partial charge on any atom is 0.240 e. The van der Waals surface area contributed by atoms with Gasteiger partial charge in [0.15, 0.2) is 0 Å². The lowest BCUT2D eigenvalue weighted by molar-refractivity contribution is -0.128. The highest BCUT2D eigenvalue weighted by atomic mass is 32.2. The molecule has 0 aliphatic rings. The van der Waals surface area contributed by atoms with Gasteiger partial charge in [0.05, 0.1) is 10.3 Å². The number of nitrogens with one attached hydrogen (secondary N) is 2. The summed E-state index contributed by atoms with van der Waals surface area (Å²) in [5.41, 5.74) is -0.127. The second-order valence-electron chi connectivity index (χ2n) is 5.05. The SMILES string of the molecule is CNC(=O)C(C)(C)CNS(=O)(=O)c1ccccc1C. The van der Waals surface area contributed by atoms with Gasteiger partial charge in [-0.25, -0.2) is 13.1 Å². The summed E-state index contributed by atoms with van der Waals surface area (Å²) in [4.78, 5) is 11.8. The summed E-state index contributed by atoms with van der Waals surface area (Å²) in [5, 5.41) is 2.52. The van der Waals surface area contributed by atoms with Crippen molar-refractivity contribution in [2.45, 2.75) is 25.7 Å². The molecule has 0 saturated carbocycles. The third-order valence-corrected chi connectivity index (χ3v) is 4.49. The smallest absolute Gasteiger partial charge is 0.240 e. The minimum Gasteiger partial charge on any atom is -0.359 e. The molecule has 1 aromatic rings. The second-order valence-corrected chi connectivity index (χ2v) is 6.79. The molecule has 106 valence electrons. The van der Waals surface area contributed by atoms with Gasteiger partial charge in [-0.1, -0.05) is 18.2 Å². The van der Waals surface area contributed by atoms with E-state index in [1.54, 1.807) is 45.0 Å². The monoisotopic (exact) mass is 284 g/mol. The molecule has 6 heteroatoms. The number of hydrogen-bond acceptors (Lipinski definition) is 3. The van der Waals surface area contributed by atoms with Crippen LogP contribution in [0.5, 0.6) is 0 Å². The van der Waals surface area contributed by atoms with Gasteiger partial charge in [0.2, 0.25) is 15.9 Å². The van der Waals surface area contributed by atoms with Crippen molar-refractivity contribution in [3.8, 4) is 0 Å². The van der Waals surface area contributed by atoms with Crippen LogP contribution in [0.4, 0.5) is 0 Å². The molecule has 1 amide bonds. The largest absolute Gasteiger partial charge is 0.359 e. The first kappa shape index (κ1) is 15.7. The van der Waals surface area contributed by atoms with Gasteiger partial charge in [-0.2, -0.15) is 0 Å². The fourth-order valence-electron chi connectivity index (χ4n) is 1.63. The van der Waals surface area contributed by atoms with E-state index in [1.165, 1.54) is 7.05 Å². The van der Waals surface area contributed by atoms with E-state index < -0.39 is 15.4 Å². The number of aryl methyl sites for hydroxylation is 1. The molecule has 0 aliphatic heterocycles. The molecular formula is C13H20N2O3S. The number of carbonyl (C=O) groups excluding carboxylic acids is 1. The van der Waals surface area contributed by atoms with Gasteiger partial charge in [-0.05, 0) is 32.4 Å². The molecule has 0 bridgehead atoms. The zero-order valence-corrected chi connectivity index (χ0v) is 12.5. The molecule has 0 radical (unpaired) electrons. The molecule has 0 heterocycles. The molecule has 0 saturated heterocycles. The van der Waals surface area contributed by atoms with E-state index in [9.17, 15) is 13.2 Å². The fraction of sp³-hybridized carbons (Fsp3) is 0.462. The van der Waals surface area contributed by atoms with Crippen molar-refractivity contribution >= 4 is 15.9 Å². The van der Waals surface area contributed by atoms with Crippen LogP contribution in [0, 0.1) is 12.3 Å². The number of carbonyl (C=O) groups is 1. The third kappa shape index (κ3) is 3.78. The Bertz CT molecular complexity index is 565. The molecule has 0 atom stereocenters. The van der Waals surface area contributed by atoms with Crippen LogP contribution in [-0.2, 0) is 14.8 Å². The van der Waals surface area contributed by atoms with Crippen LogP contribution in [-0.4, -0.2) is 27.9 Å². The third-order valence-electron chi connectivity index (χ3n) is 2.93. The van der Waals surface area contributed by atoms with Crippen molar-refractivity contribution in [3.05, 3.63) is 29.8 Å².